The highest BCUT2D eigenvalue weighted by atomic mass is 16.7. The number of rotatable bonds is 3. The van der Waals surface area contributed by atoms with E-state index in [-0.39, 0.29) is 17.9 Å². The second-order valence-electron chi connectivity index (χ2n) is 8.48. The molecule has 0 saturated carbocycles. The molecule has 144 valence electrons. The summed E-state index contributed by atoms with van der Waals surface area (Å²) in [5, 5.41) is 1.47. The van der Waals surface area contributed by atoms with Crippen LogP contribution >= 0.6 is 0 Å². The summed E-state index contributed by atoms with van der Waals surface area (Å²) in [4.78, 5) is 27.4. The summed E-state index contributed by atoms with van der Waals surface area (Å²) in [5.74, 6) is -0.608. The van der Waals surface area contributed by atoms with E-state index in [9.17, 15) is 9.59 Å². The van der Waals surface area contributed by atoms with Gasteiger partial charge >= 0.3 is 7.12 Å². The SMILES string of the molecule is C=CC(C)N1C(=O)c2cccc3c(B4OC(C)(C)C(C)(C)O4)ccc(c23)C1=O. The van der Waals surface area contributed by atoms with Crippen LogP contribution in [0.15, 0.2) is 43.0 Å². The van der Waals surface area contributed by atoms with Crippen molar-refractivity contribution in [3.63, 3.8) is 0 Å². The lowest BCUT2D eigenvalue weighted by atomic mass is 9.74. The van der Waals surface area contributed by atoms with Gasteiger partial charge in [-0.05, 0) is 57.6 Å². The number of hydrogen-bond acceptors (Lipinski definition) is 4. The van der Waals surface area contributed by atoms with Gasteiger partial charge in [-0.15, -0.1) is 6.58 Å². The van der Waals surface area contributed by atoms with Crippen LogP contribution in [0.2, 0.25) is 0 Å². The molecule has 4 rings (SSSR count). The number of amides is 2. The first-order valence-corrected chi connectivity index (χ1v) is 9.51. The monoisotopic (exact) mass is 377 g/mol. The normalized spacial score (nSPS) is 21.3. The van der Waals surface area contributed by atoms with Crippen molar-refractivity contribution in [2.24, 2.45) is 0 Å². The summed E-state index contributed by atoms with van der Waals surface area (Å²) in [7, 11) is -0.565. The number of nitrogens with zero attached hydrogens (tertiary/aromatic N) is 1. The number of benzene rings is 2. The molecule has 1 fully saturated rings. The van der Waals surface area contributed by atoms with Gasteiger partial charge in [0.25, 0.3) is 11.8 Å². The molecule has 2 aliphatic rings. The Bertz CT molecular complexity index is 988. The number of carbonyl (C=O) groups is 2. The average molecular weight is 377 g/mol. The molecule has 2 aromatic rings. The maximum atomic E-state index is 13.0. The smallest absolute Gasteiger partial charge is 0.399 e. The Morgan fingerprint density at radius 3 is 2.14 bits per heavy atom. The predicted molar refractivity (Wildman–Crippen MR) is 110 cm³/mol. The third kappa shape index (κ3) is 2.48. The molecule has 0 spiro atoms. The fourth-order valence-corrected chi connectivity index (χ4v) is 3.79. The van der Waals surface area contributed by atoms with Gasteiger partial charge in [-0.1, -0.05) is 24.3 Å². The Labute approximate surface area is 165 Å². The van der Waals surface area contributed by atoms with Crippen molar-refractivity contribution in [1.82, 2.24) is 4.90 Å². The lowest BCUT2D eigenvalue weighted by molar-refractivity contribution is 0.00578. The van der Waals surface area contributed by atoms with Crippen LogP contribution in [-0.4, -0.2) is 41.1 Å². The molecule has 0 aliphatic carbocycles. The van der Waals surface area contributed by atoms with Crippen molar-refractivity contribution in [2.75, 3.05) is 0 Å². The van der Waals surface area contributed by atoms with Crippen LogP contribution in [0.5, 0.6) is 0 Å². The minimum absolute atomic E-state index is 0.304. The average Bonchev–Trinajstić information content (AvgIpc) is 2.86. The van der Waals surface area contributed by atoms with E-state index >= 15 is 0 Å². The standard InChI is InChI=1S/C22H24BNO4/c1-7-13(2)24-19(25)15-10-8-9-14-17(12-11-16(18(14)15)20(24)26)23-27-21(3,4)22(5,6)28-23/h7-13H,1H2,2-6H3. The van der Waals surface area contributed by atoms with Crippen molar-refractivity contribution in [3.05, 3.63) is 54.1 Å². The summed E-state index contributed by atoms with van der Waals surface area (Å²) >= 11 is 0. The fraction of sp³-hybridized carbons (Fsp3) is 0.364. The van der Waals surface area contributed by atoms with Crippen LogP contribution in [-0.2, 0) is 9.31 Å². The van der Waals surface area contributed by atoms with E-state index in [1.807, 2.05) is 45.9 Å². The minimum Gasteiger partial charge on any atom is -0.399 e. The van der Waals surface area contributed by atoms with Crippen molar-refractivity contribution in [2.45, 2.75) is 51.9 Å². The van der Waals surface area contributed by atoms with E-state index in [1.165, 1.54) is 4.90 Å². The molecular formula is C22H24BNO4. The highest BCUT2D eigenvalue weighted by Gasteiger charge is 2.52. The number of carbonyl (C=O) groups excluding carboxylic acids is 2. The Morgan fingerprint density at radius 2 is 1.57 bits per heavy atom. The summed E-state index contributed by atoms with van der Waals surface area (Å²) in [6.45, 7) is 13.5. The van der Waals surface area contributed by atoms with Crippen molar-refractivity contribution < 1.29 is 18.9 Å². The van der Waals surface area contributed by atoms with Crippen LogP contribution in [0.25, 0.3) is 10.8 Å². The van der Waals surface area contributed by atoms with Gasteiger partial charge in [0, 0.05) is 16.5 Å². The van der Waals surface area contributed by atoms with Crippen LogP contribution in [0, 0.1) is 0 Å². The molecule has 0 N–H and O–H groups in total. The Hall–Kier alpha value is -2.44. The molecule has 1 unspecified atom stereocenters. The Balaban J connectivity index is 1.90. The fourth-order valence-electron chi connectivity index (χ4n) is 3.79. The van der Waals surface area contributed by atoms with E-state index in [1.54, 1.807) is 25.1 Å². The second kappa shape index (κ2) is 6.03. The molecule has 0 bridgehead atoms. The maximum Gasteiger partial charge on any atom is 0.495 e. The largest absolute Gasteiger partial charge is 0.495 e. The molecule has 0 radical (unpaired) electrons. The third-order valence-corrected chi connectivity index (χ3v) is 6.23. The summed E-state index contributed by atoms with van der Waals surface area (Å²) < 4.78 is 12.4. The minimum atomic E-state index is -0.565. The Morgan fingerprint density at radius 1 is 1.00 bits per heavy atom. The molecule has 2 heterocycles. The van der Waals surface area contributed by atoms with E-state index in [4.69, 9.17) is 9.31 Å². The number of hydrogen-bond donors (Lipinski definition) is 0. The first-order chi connectivity index (χ1) is 13.1. The molecule has 6 heteroatoms. The van der Waals surface area contributed by atoms with Gasteiger partial charge in [0.1, 0.15) is 0 Å². The number of imide groups is 1. The molecule has 2 amide bonds. The van der Waals surface area contributed by atoms with Gasteiger partial charge in [-0.3, -0.25) is 14.5 Å². The zero-order valence-corrected chi connectivity index (χ0v) is 16.9. The molecular weight excluding hydrogens is 353 g/mol. The molecule has 2 aliphatic heterocycles. The molecule has 1 saturated heterocycles. The molecule has 1 atom stereocenters. The third-order valence-electron chi connectivity index (χ3n) is 6.23. The molecule has 5 nitrogen and oxygen atoms in total. The highest BCUT2D eigenvalue weighted by molar-refractivity contribution is 6.65. The predicted octanol–water partition coefficient (Wildman–Crippen LogP) is 3.31. The maximum absolute atomic E-state index is 13.0. The van der Waals surface area contributed by atoms with Gasteiger partial charge in [0.05, 0.1) is 17.2 Å². The van der Waals surface area contributed by atoms with Crippen molar-refractivity contribution in [1.29, 1.82) is 0 Å². The van der Waals surface area contributed by atoms with E-state index in [0.29, 0.717) is 16.5 Å². The summed E-state index contributed by atoms with van der Waals surface area (Å²) in [6, 6.07) is 8.76. The van der Waals surface area contributed by atoms with Gasteiger partial charge in [-0.25, -0.2) is 0 Å². The highest BCUT2D eigenvalue weighted by Crippen LogP contribution is 2.38. The lowest BCUT2D eigenvalue weighted by Crippen LogP contribution is -2.45. The zero-order chi connectivity index (χ0) is 20.4. The first kappa shape index (κ1) is 18.9. The van der Waals surface area contributed by atoms with Crippen LogP contribution < -0.4 is 5.46 Å². The lowest BCUT2D eigenvalue weighted by Gasteiger charge is -2.32. The topological polar surface area (TPSA) is 55.8 Å². The van der Waals surface area contributed by atoms with Crippen molar-refractivity contribution in [3.8, 4) is 0 Å². The van der Waals surface area contributed by atoms with Crippen LogP contribution in [0.4, 0.5) is 0 Å². The van der Waals surface area contributed by atoms with E-state index in [0.717, 1.165) is 10.8 Å². The van der Waals surface area contributed by atoms with Gasteiger partial charge in [0.2, 0.25) is 0 Å². The van der Waals surface area contributed by atoms with E-state index in [2.05, 4.69) is 6.58 Å². The summed E-state index contributed by atoms with van der Waals surface area (Å²) in [5.41, 5.74) is 0.904. The first-order valence-electron chi connectivity index (χ1n) is 9.51. The van der Waals surface area contributed by atoms with Gasteiger partial charge < -0.3 is 9.31 Å². The van der Waals surface area contributed by atoms with E-state index < -0.39 is 18.3 Å². The van der Waals surface area contributed by atoms with Crippen molar-refractivity contribution >= 4 is 35.2 Å². The Kier molecular flexibility index (Phi) is 4.07. The van der Waals surface area contributed by atoms with Gasteiger partial charge in [-0.2, -0.15) is 0 Å². The molecule has 2 aromatic carbocycles. The van der Waals surface area contributed by atoms with Gasteiger partial charge in [0.15, 0.2) is 0 Å². The zero-order valence-electron chi connectivity index (χ0n) is 16.9. The molecule has 28 heavy (non-hydrogen) atoms. The second-order valence-corrected chi connectivity index (χ2v) is 8.48. The van der Waals surface area contributed by atoms with Crippen LogP contribution in [0.3, 0.4) is 0 Å². The summed E-state index contributed by atoms with van der Waals surface area (Å²) in [6.07, 6.45) is 1.60. The molecule has 0 aromatic heterocycles. The van der Waals surface area contributed by atoms with Crippen LogP contribution in [0.1, 0.15) is 55.3 Å². The quantitative estimate of drug-likeness (QED) is 0.468.